The number of fused-ring (bicyclic) bond motifs is 1. The summed E-state index contributed by atoms with van der Waals surface area (Å²) in [7, 11) is 1.79. The molecular formula is C29H39ClN4O4. The summed E-state index contributed by atoms with van der Waals surface area (Å²) in [5.41, 5.74) is 1.76. The summed E-state index contributed by atoms with van der Waals surface area (Å²) >= 11 is 6.33. The highest BCUT2D eigenvalue weighted by Gasteiger charge is 2.39. The van der Waals surface area contributed by atoms with Crippen LogP contribution in [0.4, 0.5) is 10.5 Å². The van der Waals surface area contributed by atoms with E-state index in [1.807, 2.05) is 36.2 Å². The largest absolute Gasteiger partial charge is 0.447 e. The van der Waals surface area contributed by atoms with Crippen molar-refractivity contribution in [3.8, 4) is 0 Å². The molecule has 3 atom stereocenters. The maximum absolute atomic E-state index is 14.1. The number of anilines is 1. The summed E-state index contributed by atoms with van der Waals surface area (Å²) in [6.45, 7) is 4.09. The lowest BCUT2D eigenvalue weighted by Gasteiger charge is -2.35. The highest BCUT2D eigenvalue weighted by atomic mass is 35.5. The average Bonchev–Trinajstić information content (AvgIpc) is 3.65. The third-order valence-electron chi connectivity index (χ3n) is 8.81. The first kappa shape index (κ1) is 27.0. The van der Waals surface area contributed by atoms with Crippen LogP contribution in [0.15, 0.2) is 24.4 Å². The molecule has 1 aromatic heterocycles. The minimum absolute atomic E-state index is 0.0371. The first-order valence-corrected chi connectivity index (χ1v) is 14.5. The number of likely N-dealkylation sites (N-methyl/N-ethyl adjacent to an activating group) is 1. The van der Waals surface area contributed by atoms with Crippen molar-refractivity contribution in [1.82, 2.24) is 14.8 Å². The van der Waals surface area contributed by atoms with Gasteiger partial charge in [-0.3, -0.25) is 14.5 Å². The zero-order valence-electron chi connectivity index (χ0n) is 22.5. The van der Waals surface area contributed by atoms with Gasteiger partial charge in [-0.15, -0.1) is 0 Å². The first-order chi connectivity index (χ1) is 18.4. The monoisotopic (exact) mass is 542 g/mol. The van der Waals surface area contributed by atoms with Crippen LogP contribution in [0.2, 0.25) is 5.02 Å². The van der Waals surface area contributed by atoms with E-state index in [1.54, 1.807) is 11.9 Å². The molecular weight excluding hydrogens is 504 g/mol. The summed E-state index contributed by atoms with van der Waals surface area (Å²) in [4.78, 5) is 43.1. The zero-order valence-corrected chi connectivity index (χ0v) is 23.2. The van der Waals surface area contributed by atoms with Crippen molar-refractivity contribution in [2.75, 3.05) is 31.6 Å². The second kappa shape index (κ2) is 11.7. The molecule has 3 aliphatic rings. The number of amides is 2. The minimum Gasteiger partial charge on any atom is -0.447 e. The van der Waals surface area contributed by atoms with Crippen molar-refractivity contribution >= 4 is 46.0 Å². The van der Waals surface area contributed by atoms with Crippen LogP contribution in [0.5, 0.6) is 0 Å². The van der Waals surface area contributed by atoms with E-state index in [4.69, 9.17) is 16.3 Å². The summed E-state index contributed by atoms with van der Waals surface area (Å²) in [6, 6.07) is 5.51. The number of carbonyl (C=O) groups is 3. The minimum atomic E-state index is -0.350. The molecule has 2 aromatic rings. The molecule has 0 unspecified atom stereocenters. The Morgan fingerprint density at radius 3 is 2.63 bits per heavy atom. The second-order valence-corrected chi connectivity index (χ2v) is 11.5. The number of cyclic esters (lactones) is 1. The van der Waals surface area contributed by atoms with Crippen LogP contribution in [0.1, 0.15) is 58.3 Å². The smallest absolute Gasteiger partial charge is 0.414 e. The number of nitrogens with one attached hydrogen (secondary N) is 1. The van der Waals surface area contributed by atoms with Gasteiger partial charge in [0.05, 0.1) is 23.8 Å². The SMILES string of the molecule is CN[C@@H](C)C(=O)C[C@H](C(=O)N1CCC[C@H]1Cn1cc(N2CCOC2=O)c2cc(Cl)ccc21)C1CCCCC1. The molecule has 0 radical (unpaired) electrons. The number of nitrogens with zero attached hydrogens (tertiary/aromatic N) is 3. The van der Waals surface area contributed by atoms with Gasteiger partial charge in [0.15, 0.2) is 0 Å². The normalized spacial score (nSPS) is 22.2. The number of ketones is 1. The molecule has 0 spiro atoms. The van der Waals surface area contributed by atoms with E-state index < -0.39 is 0 Å². The number of halogens is 1. The Kier molecular flexibility index (Phi) is 8.29. The number of likely N-dealkylation sites (tertiary alicyclic amines) is 1. The fourth-order valence-corrected chi connectivity index (χ4v) is 6.70. The topological polar surface area (TPSA) is 83.9 Å². The summed E-state index contributed by atoms with van der Waals surface area (Å²) < 4.78 is 7.34. The lowest BCUT2D eigenvalue weighted by molar-refractivity contribution is -0.141. The second-order valence-electron chi connectivity index (χ2n) is 11.1. The predicted octanol–water partition coefficient (Wildman–Crippen LogP) is 5.01. The molecule has 0 bridgehead atoms. The van der Waals surface area contributed by atoms with Crippen molar-refractivity contribution in [2.45, 2.75) is 76.9 Å². The number of Topliss-reactive ketones (excluding diaryl/α,β-unsaturated/α-hetero) is 1. The Bertz CT molecular complexity index is 1190. The molecule has 1 saturated carbocycles. The van der Waals surface area contributed by atoms with Gasteiger partial charge in [-0.25, -0.2) is 4.79 Å². The van der Waals surface area contributed by atoms with Gasteiger partial charge in [0.25, 0.3) is 0 Å². The fourth-order valence-electron chi connectivity index (χ4n) is 6.53. The van der Waals surface area contributed by atoms with Crippen LogP contribution in [0.3, 0.4) is 0 Å². The molecule has 8 nitrogen and oxygen atoms in total. The molecule has 1 N–H and O–H groups in total. The third-order valence-corrected chi connectivity index (χ3v) is 9.05. The zero-order chi connectivity index (χ0) is 26.8. The maximum atomic E-state index is 14.1. The van der Waals surface area contributed by atoms with Crippen molar-refractivity contribution < 1.29 is 19.1 Å². The fraction of sp³-hybridized carbons (Fsp3) is 0.621. The van der Waals surface area contributed by atoms with Crippen LogP contribution in [0, 0.1) is 11.8 Å². The van der Waals surface area contributed by atoms with Gasteiger partial charge in [0.2, 0.25) is 5.91 Å². The predicted molar refractivity (Wildman–Crippen MR) is 149 cm³/mol. The van der Waals surface area contributed by atoms with E-state index in [-0.39, 0.29) is 41.7 Å². The summed E-state index contributed by atoms with van der Waals surface area (Å²) in [5, 5.41) is 4.56. The first-order valence-electron chi connectivity index (χ1n) is 14.1. The van der Waals surface area contributed by atoms with E-state index in [2.05, 4.69) is 9.88 Å². The number of aromatic nitrogens is 1. The molecule has 38 heavy (non-hydrogen) atoms. The molecule has 2 aliphatic heterocycles. The lowest BCUT2D eigenvalue weighted by Crippen LogP contribution is -2.45. The summed E-state index contributed by atoms with van der Waals surface area (Å²) in [6.07, 6.45) is 9.33. The Balaban J connectivity index is 1.40. The molecule has 2 saturated heterocycles. The van der Waals surface area contributed by atoms with Crippen molar-refractivity contribution in [2.24, 2.45) is 11.8 Å². The summed E-state index contributed by atoms with van der Waals surface area (Å²) in [5.74, 6) is 0.267. The van der Waals surface area contributed by atoms with Crippen molar-refractivity contribution in [1.29, 1.82) is 0 Å². The molecule has 3 fully saturated rings. The van der Waals surface area contributed by atoms with E-state index in [0.29, 0.717) is 31.1 Å². The standard InChI is InChI=1S/C29H39ClN4O4/c1-19(31-2)27(35)16-23(20-7-4-3-5-8-20)28(36)33-12-6-9-22(33)17-32-18-26(34-13-14-38-29(34)37)24-15-21(30)10-11-25(24)32/h10-11,15,18-20,22-23,31H,3-9,12-14,16-17H2,1-2H3/t19-,22-,23-/m0/s1. The van der Waals surface area contributed by atoms with Gasteiger partial charge in [-0.2, -0.15) is 0 Å². The van der Waals surface area contributed by atoms with Gasteiger partial charge in [0.1, 0.15) is 12.4 Å². The number of rotatable bonds is 9. The molecule has 5 rings (SSSR count). The molecule has 1 aliphatic carbocycles. The van der Waals surface area contributed by atoms with E-state index in [1.165, 1.54) is 6.42 Å². The van der Waals surface area contributed by atoms with Crippen molar-refractivity contribution in [3.63, 3.8) is 0 Å². The molecule has 3 heterocycles. The van der Waals surface area contributed by atoms with E-state index in [0.717, 1.165) is 61.7 Å². The van der Waals surface area contributed by atoms with Crippen molar-refractivity contribution in [3.05, 3.63) is 29.4 Å². The van der Waals surface area contributed by atoms with Crippen LogP contribution < -0.4 is 10.2 Å². The lowest BCUT2D eigenvalue weighted by atomic mass is 9.76. The number of ether oxygens (including phenoxy) is 1. The van der Waals surface area contributed by atoms with Crippen LogP contribution in [-0.2, 0) is 20.9 Å². The number of benzene rings is 1. The number of carbonyl (C=O) groups excluding carboxylic acids is 3. The van der Waals surface area contributed by atoms with Gasteiger partial charge in [0, 0.05) is 48.1 Å². The quantitative estimate of drug-likeness (QED) is 0.482. The Labute approximate surface area is 229 Å². The van der Waals surface area contributed by atoms with E-state index in [9.17, 15) is 14.4 Å². The third kappa shape index (κ3) is 5.43. The highest BCUT2D eigenvalue weighted by molar-refractivity contribution is 6.31. The van der Waals surface area contributed by atoms with Gasteiger partial charge in [-0.1, -0.05) is 30.9 Å². The Morgan fingerprint density at radius 1 is 1.13 bits per heavy atom. The molecule has 1 aromatic carbocycles. The van der Waals surface area contributed by atoms with Crippen LogP contribution in [-0.4, -0.2) is 66.1 Å². The highest BCUT2D eigenvalue weighted by Crippen LogP contribution is 2.37. The van der Waals surface area contributed by atoms with Gasteiger partial charge >= 0.3 is 6.09 Å². The molecule has 2 amide bonds. The van der Waals surface area contributed by atoms with E-state index >= 15 is 0 Å². The van der Waals surface area contributed by atoms with Crippen LogP contribution in [0.25, 0.3) is 10.9 Å². The maximum Gasteiger partial charge on any atom is 0.414 e. The van der Waals surface area contributed by atoms with Crippen LogP contribution >= 0.6 is 11.6 Å². The van der Waals surface area contributed by atoms with Gasteiger partial charge < -0.3 is 19.5 Å². The number of hydrogen-bond donors (Lipinski definition) is 1. The van der Waals surface area contributed by atoms with Gasteiger partial charge in [-0.05, 0) is 63.8 Å². The average molecular weight is 543 g/mol. The Hall–Kier alpha value is -2.58. The number of hydrogen-bond acceptors (Lipinski definition) is 5. The Morgan fingerprint density at radius 2 is 1.92 bits per heavy atom. The molecule has 9 heteroatoms. The molecule has 206 valence electrons.